The fourth-order valence-electron chi connectivity index (χ4n) is 1.78. The number of hydrogen-bond donors (Lipinski definition) is 2. The molecule has 1 heterocycles. The predicted octanol–water partition coefficient (Wildman–Crippen LogP) is 5.24. The third kappa shape index (κ3) is 4.95. The molecule has 9 heteroatoms. The summed E-state index contributed by atoms with van der Waals surface area (Å²) in [7, 11) is 0. The molecular formula is C15H15ClF4N4. The minimum Gasteiger partial charge on any atom is -0.350 e. The third-order valence-electron chi connectivity index (χ3n) is 2.70. The van der Waals surface area contributed by atoms with E-state index in [1.807, 2.05) is 0 Å². The zero-order valence-electron chi connectivity index (χ0n) is 13.1. The van der Waals surface area contributed by atoms with E-state index in [0.717, 1.165) is 18.2 Å². The van der Waals surface area contributed by atoms with E-state index in [0.29, 0.717) is 0 Å². The van der Waals surface area contributed by atoms with E-state index in [4.69, 9.17) is 11.6 Å². The molecule has 24 heavy (non-hydrogen) atoms. The fourth-order valence-corrected chi connectivity index (χ4v) is 1.99. The Morgan fingerprint density at radius 3 is 2.25 bits per heavy atom. The normalized spacial score (nSPS) is 12.2. The van der Waals surface area contributed by atoms with Gasteiger partial charge in [-0.1, -0.05) is 11.6 Å². The summed E-state index contributed by atoms with van der Waals surface area (Å²) in [5.41, 5.74) is -1.41. The van der Waals surface area contributed by atoms with Gasteiger partial charge in [0, 0.05) is 11.6 Å². The second kappa shape index (κ2) is 6.43. The van der Waals surface area contributed by atoms with Crippen molar-refractivity contribution in [3.8, 4) is 0 Å². The Balaban J connectivity index is 2.42. The van der Waals surface area contributed by atoms with Crippen LogP contribution in [-0.4, -0.2) is 15.5 Å². The van der Waals surface area contributed by atoms with E-state index < -0.39 is 23.2 Å². The zero-order chi connectivity index (χ0) is 18.1. The number of rotatable bonds is 3. The van der Waals surface area contributed by atoms with Gasteiger partial charge < -0.3 is 10.6 Å². The molecular weight excluding hydrogens is 348 g/mol. The van der Waals surface area contributed by atoms with Crippen molar-refractivity contribution in [1.29, 1.82) is 0 Å². The Kier molecular flexibility index (Phi) is 4.89. The molecule has 0 radical (unpaired) electrons. The maximum absolute atomic E-state index is 13.1. The van der Waals surface area contributed by atoms with Gasteiger partial charge >= 0.3 is 6.18 Å². The average Bonchev–Trinajstić information content (AvgIpc) is 2.39. The van der Waals surface area contributed by atoms with Crippen LogP contribution in [0.4, 0.5) is 35.0 Å². The maximum Gasteiger partial charge on any atom is 0.433 e. The molecule has 0 aliphatic rings. The lowest BCUT2D eigenvalue weighted by Gasteiger charge is -2.21. The summed E-state index contributed by atoms with van der Waals surface area (Å²) in [4.78, 5) is 7.49. The van der Waals surface area contributed by atoms with Gasteiger partial charge in [-0.2, -0.15) is 18.2 Å². The molecule has 0 unspecified atom stereocenters. The van der Waals surface area contributed by atoms with Crippen molar-refractivity contribution in [2.75, 3.05) is 10.6 Å². The molecule has 0 bridgehead atoms. The number of benzene rings is 1. The number of alkyl halides is 3. The zero-order valence-corrected chi connectivity index (χ0v) is 13.8. The highest BCUT2D eigenvalue weighted by molar-refractivity contribution is 6.33. The molecule has 0 amide bonds. The molecule has 0 spiro atoms. The smallest absolute Gasteiger partial charge is 0.350 e. The Labute approximate surface area is 141 Å². The van der Waals surface area contributed by atoms with Crippen LogP contribution in [-0.2, 0) is 6.18 Å². The Bertz CT molecular complexity index is 741. The fraction of sp³-hybridized carbons (Fsp3) is 0.333. The first-order valence-electron chi connectivity index (χ1n) is 6.90. The van der Waals surface area contributed by atoms with Gasteiger partial charge in [-0.15, -0.1) is 0 Å². The summed E-state index contributed by atoms with van der Waals surface area (Å²) >= 11 is 5.87. The van der Waals surface area contributed by atoms with E-state index in [9.17, 15) is 17.6 Å². The molecule has 2 rings (SSSR count). The second-order valence-electron chi connectivity index (χ2n) is 6.08. The van der Waals surface area contributed by atoms with Crippen molar-refractivity contribution < 1.29 is 17.6 Å². The van der Waals surface area contributed by atoms with Crippen LogP contribution < -0.4 is 10.6 Å². The molecule has 0 saturated carbocycles. The number of hydrogen-bond acceptors (Lipinski definition) is 4. The monoisotopic (exact) mass is 362 g/mol. The quantitative estimate of drug-likeness (QED) is 0.733. The third-order valence-corrected chi connectivity index (χ3v) is 3.01. The van der Waals surface area contributed by atoms with Gasteiger partial charge in [-0.05, 0) is 39.0 Å². The Morgan fingerprint density at radius 1 is 1.04 bits per heavy atom. The van der Waals surface area contributed by atoms with Crippen molar-refractivity contribution in [3.63, 3.8) is 0 Å². The lowest BCUT2D eigenvalue weighted by atomic mass is 10.1. The van der Waals surface area contributed by atoms with Crippen LogP contribution in [0.1, 0.15) is 26.5 Å². The Hall–Kier alpha value is -2.09. The van der Waals surface area contributed by atoms with Gasteiger partial charge in [0.2, 0.25) is 5.95 Å². The number of aromatic nitrogens is 2. The molecule has 2 aromatic rings. The first-order chi connectivity index (χ1) is 10.9. The van der Waals surface area contributed by atoms with Crippen LogP contribution >= 0.6 is 11.6 Å². The van der Waals surface area contributed by atoms with Crippen molar-refractivity contribution in [2.24, 2.45) is 0 Å². The van der Waals surface area contributed by atoms with E-state index in [-0.39, 0.29) is 22.5 Å². The van der Waals surface area contributed by atoms with Gasteiger partial charge in [-0.3, -0.25) is 0 Å². The van der Waals surface area contributed by atoms with Gasteiger partial charge in [0.15, 0.2) is 5.69 Å². The molecule has 2 N–H and O–H groups in total. The van der Waals surface area contributed by atoms with Gasteiger partial charge in [0.05, 0.1) is 10.7 Å². The molecule has 0 saturated heterocycles. The number of nitrogens with zero attached hydrogens (tertiary/aromatic N) is 2. The summed E-state index contributed by atoms with van der Waals surface area (Å²) < 4.78 is 52.2. The number of nitrogens with one attached hydrogen (secondary N) is 2. The van der Waals surface area contributed by atoms with Crippen LogP contribution in [0.5, 0.6) is 0 Å². The average molecular weight is 363 g/mol. The minimum atomic E-state index is -4.64. The van der Waals surface area contributed by atoms with E-state index in [2.05, 4.69) is 20.6 Å². The van der Waals surface area contributed by atoms with Gasteiger partial charge in [0.1, 0.15) is 11.6 Å². The highest BCUT2D eigenvalue weighted by atomic mass is 35.5. The predicted molar refractivity (Wildman–Crippen MR) is 85.1 cm³/mol. The number of halogens is 5. The molecule has 0 fully saturated rings. The van der Waals surface area contributed by atoms with E-state index >= 15 is 0 Å². The molecule has 0 atom stereocenters. The van der Waals surface area contributed by atoms with E-state index in [1.165, 1.54) is 6.07 Å². The van der Waals surface area contributed by atoms with Crippen molar-refractivity contribution in [2.45, 2.75) is 32.5 Å². The van der Waals surface area contributed by atoms with Crippen LogP contribution in [0.25, 0.3) is 0 Å². The number of anilines is 3. The maximum atomic E-state index is 13.1. The minimum absolute atomic E-state index is 0.0208. The lowest BCUT2D eigenvalue weighted by molar-refractivity contribution is -0.141. The van der Waals surface area contributed by atoms with Crippen molar-refractivity contribution >= 4 is 29.1 Å². The summed E-state index contributed by atoms with van der Waals surface area (Å²) in [6.07, 6.45) is -4.64. The lowest BCUT2D eigenvalue weighted by Crippen LogP contribution is -2.28. The van der Waals surface area contributed by atoms with Crippen LogP contribution in [0.3, 0.4) is 0 Å². The first-order valence-corrected chi connectivity index (χ1v) is 7.28. The molecule has 4 nitrogen and oxygen atoms in total. The van der Waals surface area contributed by atoms with Crippen LogP contribution in [0, 0.1) is 5.82 Å². The molecule has 1 aromatic heterocycles. The van der Waals surface area contributed by atoms with Crippen LogP contribution in [0.15, 0.2) is 24.3 Å². The first kappa shape index (κ1) is 18.3. The second-order valence-corrected chi connectivity index (χ2v) is 6.49. The summed E-state index contributed by atoms with van der Waals surface area (Å²) in [5.74, 6) is -0.852. The highest BCUT2D eigenvalue weighted by Gasteiger charge is 2.34. The summed E-state index contributed by atoms with van der Waals surface area (Å²) in [6, 6.07) is 4.25. The Morgan fingerprint density at radius 2 is 1.71 bits per heavy atom. The molecule has 0 aliphatic carbocycles. The van der Waals surface area contributed by atoms with Crippen LogP contribution in [0.2, 0.25) is 5.02 Å². The van der Waals surface area contributed by atoms with E-state index in [1.54, 1.807) is 20.8 Å². The standard InChI is InChI=1S/C15H15ClF4N4/c1-14(2,3)24-13-22-11(15(18,19)20)7-12(23-13)21-10-5-4-8(17)6-9(10)16/h4-7H,1-3H3,(H2,21,22,23,24). The van der Waals surface area contributed by atoms with Crippen molar-refractivity contribution in [1.82, 2.24) is 9.97 Å². The SMILES string of the molecule is CC(C)(C)Nc1nc(Nc2ccc(F)cc2Cl)cc(C(F)(F)F)n1. The topological polar surface area (TPSA) is 49.8 Å². The van der Waals surface area contributed by atoms with Gasteiger partial charge in [-0.25, -0.2) is 9.37 Å². The molecule has 1 aromatic carbocycles. The van der Waals surface area contributed by atoms with Gasteiger partial charge in [0.25, 0.3) is 0 Å². The largest absolute Gasteiger partial charge is 0.433 e. The highest BCUT2D eigenvalue weighted by Crippen LogP contribution is 2.32. The molecule has 130 valence electrons. The summed E-state index contributed by atoms with van der Waals surface area (Å²) in [6.45, 7) is 5.29. The molecule has 0 aliphatic heterocycles. The van der Waals surface area contributed by atoms with Crippen molar-refractivity contribution in [3.05, 3.63) is 40.8 Å². The summed E-state index contributed by atoms with van der Waals surface area (Å²) in [5, 5.41) is 5.46.